The quantitative estimate of drug-likeness (QED) is 0.714. The molecule has 2 heterocycles. The van der Waals surface area contributed by atoms with E-state index in [4.69, 9.17) is 5.73 Å². The van der Waals surface area contributed by atoms with Crippen LogP contribution < -0.4 is 16.0 Å². The zero-order valence-corrected chi connectivity index (χ0v) is 9.36. The molecule has 1 amide bonds. The second-order valence-electron chi connectivity index (χ2n) is 4.01. The van der Waals surface area contributed by atoms with Crippen molar-refractivity contribution < 1.29 is 4.79 Å². The molecular weight excluding hydrogens is 204 g/mol. The SMILES string of the molecule is Cc1cnc(N2CCNC(=O)CC2)c(N)c1. The summed E-state index contributed by atoms with van der Waals surface area (Å²) in [5.74, 6) is 0.871. The van der Waals surface area contributed by atoms with Gasteiger partial charge >= 0.3 is 0 Å². The maximum atomic E-state index is 11.2. The summed E-state index contributed by atoms with van der Waals surface area (Å²) < 4.78 is 0. The van der Waals surface area contributed by atoms with Gasteiger partial charge in [-0.15, -0.1) is 0 Å². The predicted molar refractivity (Wildman–Crippen MR) is 63.2 cm³/mol. The average Bonchev–Trinajstić information content (AvgIpc) is 2.43. The van der Waals surface area contributed by atoms with Crippen molar-refractivity contribution in [1.29, 1.82) is 0 Å². The number of nitrogens with two attached hydrogens (primary N) is 1. The number of hydrogen-bond acceptors (Lipinski definition) is 4. The molecule has 2 rings (SSSR count). The molecule has 16 heavy (non-hydrogen) atoms. The number of anilines is 2. The molecule has 1 aromatic heterocycles. The number of amides is 1. The second-order valence-corrected chi connectivity index (χ2v) is 4.01. The number of aromatic nitrogens is 1. The lowest BCUT2D eigenvalue weighted by Crippen LogP contribution is -2.29. The van der Waals surface area contributed by atoms with Crippen molar-refractivity contribution in [1.82, 2.24) is 10.3 Å². The van der Waals surface area contributed by atoms with Crippen LogP contribution in [0.3, 0.4) is 0 Å². The number of aryl methyl sites for hydroxylation is 1. The molecule has 1 fully saturated rings. The van der Waals surface area contributed by atoms with Gasteiger partial charge in [0.05, 0.1) is 5.69 Å². The van der Waals surface area contributed by atoms with E-state index in [1.54, 1.807) is 6.20 Å². The monoisotopic (exact) mass is 220 g/mol. The Kier molecular flexibility index (Phi) is 2.94. The van der Waals surface area contributed by atoms with Crippen molar-refractivity contribution in [2.75, 3.05) is 30.3 Å². The smallest absolute Gasteiger partial charge is 0.221 e. The predicted octanol–water partition coefficient (Wildman–Crippen LogP) is 0.299. The number of hydrogen-bond donors (Lipinski definition) is 2. The van der Waals surface area contributed by atoms with Crippen LogP contribution in [-0.2, 0) is 4.79 Å². The van der Waals surface area contributed by atoms with E-state index in [0.717, 1.165) is 17.9 Å². The van der Waals surface area contributed by atoms with Crippen LogP contribution in [0.4, 0.5) is 11.5 Å². The number of pyridine rings is 1. The molecule has 0 atom stereocenters. The molecule has 0 unspecified atom stereocenters. The Morgan fingerprint density at radius 3 is 3.06 bits per heavy atom. The minimum atomic E-state index is 0.0909. The van der Waals surface area contributed by atoms with Crippen LogP contribution in [0, 0.1) is 6.92 Å². The second kappa shape index (κ2) is 4.38. The lowest BCUT2D eigenvalue weighted by Gasteiger charge is -2.22. The van der Waals surface area contributed by atoms with E-state index >= 15 is 0 Å². The molecule has 1 saturated heterocycles. The fraction of sp³-hybridized carbons (Fsp3) is 0.455. The molecule has 0 aliphatic carbocycles. The first-order chi connectivity index (χ1) is 7.66. The first kappa shape index (κ1) is 10.7. The number of carbonyl (C=O) groups is 1. The fourth-order valence-electron chi connectivity index (χ4n) is 1.83. The fourth-order valence-corrected chi connectivity index (χ4v) is 1.83. The third-order valence-corrected chi connectivity index (χ3v) is 2.64. The van der Waals surface area contributed by atoms with Gasteiger partial charge in [-0.1, -0.05) is 0 Å². The summed E-state index contributed by atoms with van der Waals surface area (Å²) in [4.78, 5) is 17.6. The maximum absolute atomic E-state index is 11.2. The minimum Gasteiger partial charge on any atom is -0.396 e. The lowest BCUT2D eigenvalue weighted by atomic mass is 10.2. The van der Waals surface area contributed by atoms with E-state index in [2.05, 4.69) is 10.3 Å². The van der Waals surface area contributed by atoms with Crippen LogP contribution in [0.25, 0.3) is 0 Å². The number of nitrogen functional groups attached to an aromatic ring is 1. The summed E-state index contributed by atoms with van der Waals surface area (Å²) in [6.45, 7) is 4.03. The molecule has 1 aliphatic rings. The third kappa shape index (κ3) is 2.24. The molecule has 3 N–H and O–H groups in total. The zero-order valence-electron chi connectivity index (χ0n) is 9.36. The Bertz CT molecular complexity index is 405. The van der Waals surface area contributed by atoms with E-state index in [-0.39, 0.29) is 5.91 Å². The molecule has 1 aromatic rings. The zero-order chi connectivity index (χ0) is 11.5. The Labute approximate surface area is 94.6 Å². The summed E-state index contributed by atoms with van der Waals surface area (Å²) in [5.41, 5.74) is 7.65. The van der Waals surface area contributed by atoms with Gasteiger partial charge < -0.3 is 16.0 Å². The van der Waals surface area contributed by atoms with Gasteiger partial charge in [0, 0.05) is 32.3 Å². The highest BCUT2D eigenvalue weighted by atomic mass is 16.1. The van der Waals surface area contributed by atoms with Crippen LogP contribution in [-0.4, -0.2) is 30.5 Å². The highest BCUT2D eigenvalue weighted by molar-refractivity contribution is 5.77. The molecule has 5 nitrogen and oxygen atoms in total. The highest BCUT2D eigenvalue weighted by Crippen LogP contribution is 2.21. The summed E-state index contributed by atoms with van der Waals surface area (Å²) in [5, 5.41) is 2.83. The topological polar surface area (TPSA) is 71.2 Å². The standard InChI is InChI=1S/C11H16N4O/c1-8-6-9(12)11(14-7-8)15-4-2-10(16)13-3-5-15/h6-7H,2-5,12H2,1H3,(H,13,16). The lowest BCUT2D eigenvalue weighted by molar-refractivity contribution is -0.120. The van der Waals surface area contributed by atoms with Crippen LogP contribution in [0.5, 0.6) is 0 Å². The normalized spacial score (nSPS) is 16.8. The molecule has 0 aromatic carbocycles. The van der Waals surface area contributed by atoms with Crippen molar-refractivity contribution in [2.45, 2.75) is 13.3 Å². The summed E-state index contributed by atoms with van der Waals surface area (Å²) >= 11 is 0. The van der Waals surface area contributed by atoms with Gasteiger partial charge in [0.1, 0.15) is 0 Å². The first-order valence-electron chi connectivity index (χ1n) is 5.40. The first-order valence-corrected chi connectivity index (χ1v) is 5.40. The number of nitrogens with zero attached hydrogens (tertiary/aromatic N) is 2. The molecule has 86 valence electrons. The molecule has 0 saturated carbocycles. The summed E-state index contributed by atoms with van der Waals surface area (Å²) in [6.07, 6.45) is 2.29. The largest absolute Gasteiger partial charge is 0.396 e. The van der Waals surface area contributed by atoms with E-state index in [1.165, 1.54) is 0 Å². The molecule has 5 heteroatoms. The van der Waals surface area contributed by atoms with Gasteiger partial charge in [0.15, 0.2) is 5.82 Å². The Morgan fingerprint density at radius 1 is 1.50 bits per heavy atom. The van der Waals surface area contributed by atoms with E-state index in [9.17, 15) is 4.79 Å². The van der Waals surface area contributed by atoms with Crippen molar-refractivity contribution in [3.05, 3.63) is 17.8 Å². The van der Waals surface area contributed by atoms with Crippen LogP contribution in [0.15, 0.2) is 12.3 Å². The summed E-state index contributed by atoms with van der Waals surface area (Å²) in [6, 6.07) is 1.91. The molecule has 0 radical (unpaired) electrons. The van der Waals surface area contributed by atoms with Crippen molar-refractivity contribution in [3.8, 4) is 0 Å². The molecular formula is C11H16N4O. The maximum Gasteiger partial charge on any atom is 0.221 e. The van der Waals surface area contributed by atoms with Gasteiger partial charge in [0.25, 0.3) is 0 Å². The van der Waals surface area contributed by atoms with Crippen LogP contribution >= 0.6 is 0 Å². The number of rotatable bonds is 1. The van der Waals surface area contributed by atoms with Gasteiger partial charge in [0.2, 0.25) is 5.91 Å². The molecule has 0 bridgehead atoms. The van der Waals surface area contributed by atoms with E-state index in [0.29, 0.717) is 25.2 Å². The minimum absolute atomic E-state index is 0.0909. The highest BCUT2D eigenvalue weighted by Gasteiger charge is 2.16. The van der Waals surface area contributed by atoms with Gasteiger partial charge in [-0.25, -0.2) is 4.98 Å². The number of carbonyl (C=O) groups excluding carboxylic acids is 1. The molecule has 1 aliphatic heterocycles. The Balaban J connectivity index is 2.19. The Hall–Kier alpha value is -1.78. The van der Waals surface area contributed by atoms with Crippen LogP contribution in [0.2, 0.25) is 0 Å². The van der Waals surface area contributed by atoms with Gasteiger partial charge in [-0.3, -0.25) is 4.79 Å². The molecule has 0 spiro atoms. The van der Waals surface area contributed by atoms with E-state index < -0.39 is 0 Å². The van der Waals surface area contributed by atoms with Crippen LogP contribution in [0.1, 0.15) is 12.0 Å². The number of nitrogens with one attached hydrogen (secondary N) is 1. The summed E-state index contributed by atoms with van der Waals surface area (Å²) in [7, 11) is 0. The van der Waals surface area contributed by atoms with Crippen molar-refractivity contribution in [3.63, 3.8) is 0 Å². The van der Waals surface area contributed by atoms with Gasteiger partial charge in [-0.05, 0) is 18.6 Å². The van der Waals surface area contributed by atoms with Crippen molar-refractivity contribution >= 4 is 17.4 Å². The van der Waals surface area contributed by atoms with Gasteiger partial charge in [-0.2, -0.15) is 0 Å². The third-order valence-electron chi connectivity index (χ3n) is 2.64. The van der Waals surface area contributed by atoms with Crippen molar-refractivity contribution in [2.24, 2.45) is 0 Å². The Morgan fingerprint density at radius 2 is 2.31 bits per heavy atom. The average molecular weight is 220 g/mol. The van der Waals surface area contributed by atoms with E-state index in [1.807, 2.05) is 17.9 Å².